The van der Waals surface area contributed by atoms with Crippen molar-refractivity contribution in [1.29, 1.82) is 0 Å². The maximum absolute atomic E-state index is 3.72. The van der Waals surface area contributed by atoms with Gasteiger partial charge in [-0.15, -0.1) is 0 Å². The molecule has 2 nitrogen and oxygen atoms in total. The van der Waals surface area contributed by atoms with E-state index in [1.807, 2.05) is 30.3 Å². The normalized spacial score (nSPS) is 6.10. The molecule has 0 saturated heterocycles. The molecule has 0 radical (unpaired) electrons. The van der Waals surface area contributed by atoms with Crippen LogP contribution in [0.4, 0.5) is 5.69 Å². The standard InChI is InChI=1S/C6H7N.2ClH.H3N/c7-6-4-2-1-3-5-6;;;/h1-5H,7H2;2*1H;1H3. The Morgan fingerprint density at radius 2 is 1.30 bits per heavy atom. The van der Waals surface area contributed by atoms with E-state index in [4.69, 9.17) is 0 Å². The first-order valence-electron chi connectivity index (χ1n) is 2.26. The van der Waals surface area contributed by atoms with E-state index < -0.39 is 0 Å². The second-order valence-corrected chi connectivity index (χ2v) is 1.49. The van der Waals surface area contributed by atoms with Gasteiger partial charge >= 0.3 is 0 Å². The summed E-state index contributed by atoms with van der Waals surface area (Å²) in [5, 5.41) is 0. The Morgan fingerprint density at radius 1 is 0.900 bits per heavy atom. The van der Waals surface area contributed by atoms with Crippen molar-refractivity contribution in [3.05, 3.63) is 30.3 Å². The van der Waals surface area contributed by atoms with Crippen LogP contribution in [0.25, 0.3) is 0 Å². The molecular formula is C6H12Cl2N2. The minimum Gasteiger partial charge on any atom is -1.00 e. The lowest BCUT2D eigenvalue weighted by Gasteiger charge is -1.78. The van der Waals surface area contributed by atoms with Gasteiger partial charge in [0.1, 0.15) is 5.69 Å². The molecule has 0 saturated carbocycles. The monoisotopic (exact) mass is 182 g/mol. The first kappa shape index (κ1) is 16.4. The molecule has 0 atom stereocenters. The number of quaternary nitrogens is 2. The molecule has 0 aliphatic carbocycles. The van der Waals surface area contributed by atoms with E-state index in [2.05, 4.69) is 5.73 Å². The number of hydrogen-bond donors (Lipinski definition) is 2. The fourth-order valence-electron chi connectivity index (χ4n) is 0.478. The van der Waals surface area contributed by atoms with Crippen LogP contribution in [0.3, 0.4) is 0 Å². The average Bonchev–Trinajstić information content (AvgIpc) is 1.69. The lowest BCUT2D eigenvalue weighted by atomic mass is 10.3. The summed E-state index contributed by atoms with van der Waals surface area (Å²) in [5.41, 5.74) is 4.79. The van der Waals surface area contributed by atoms with Gasteiger partial charge in [0.15, 0.2) is 0 Å². The van der Waals surface area contributed by atoms with Crippen molar-refractivity contribution in [2.24, 2.45) is 0 Å². The number of hydrogen-bond acceptors (Lipinski definition) is 0. The molecule has 0 aliphatic rings. The summed E-state index contributed by atoms with van der Waals surface area (Å²) in [6.07, 6.45) is 0. The molecule has 0 unspecified atom stereocenters. The Bertz CT molecular complexity index is 144. The van der Waals surface area contributed by atoms with E-state index in [9.17, 15) is 0 Å². The lowest BCUT2D eigenvalue weighted by Crippen LogP contribution is -3.00. The van der Waals surface area contributed by atoms with Crippen molar-refractivity contribution in [2.45, 2.75) is 0 Å². The molecule has 1 rings (SSSR count). The first-order valence-corrected chi connectivity index (χ1v) is 2.26. The van der Waals surface area contributed by atoms with Gasteiger partial charge < -0.3 is 36.7 Å². The first-order chi connectivity index (χ1) is 3.39. The van der Waals surface area contributed by atoms with Crippen LogP contribution in [-0.2, 0) is 0 Å². The van der Waals surface area contributed by atoms with Gasteiger partial charge in [-0.25, -0.2) is 0 Å². The molecule has 0 bridgehead atoms. The second-order valence-electron chi connectivity index (χ2n) is 1.49. The third-order valence-electron chi connectivity index (χ3n) is 0.843. The van der Waals surface area contributed by atoms with E-state index in [0.717, 1.165) is 5.69 Å². The summed E-state index contributed by atoms with van der Waals surface area (Å²) in [7, 11) is 0. The number of halogens is 2. The quantitative estimate of drug-likeness (QED) is 0.404. The molecule has 60 valence electrons. The van der Waals surface area contributed by atoms with Crippen LogP contribution in [0.2, 0.25) is 0 Å². The molecule has 10 heavy (non-hydrogen) atoms. The molecule has 4 heteroatoms. The summed E-state index contributed by atoms with van der Waals surface area (Å²) >= 11 is 0. The van der Waals surface area contributed by atoms with Crippen LogP contribution in [0.5, 0.6) is 0 Å². The van der Waals surface area contributed by atoms with Crippen LogP contribution in [0.1, 0.15) is 0 Å². The summed E-state index contributed by atoms with van der Waals surface area (Å²) in [6.45, 7) is 0. The van der Waals surface area contributed by atoms with Crippen molar-refractivity contribution >= 4 is 5.69 Å². The minimum atomic E-state index is 0. The van der Waals surface area contributed by atoms with Gasteiger partial charge in [-0.05, 0) is 12.1 Å². The Labute approximate surface area is 73.2 Å². The summed E-state index contributed by atoms with van der Waals surface area (Å²) < 4.78 is 0. The number of benzene rings is 1. The van der Waals surface area contributed by atoms with Gasteiger partial charge in [0.05, 0.1) is 0 Å². The third-order valence-corrected chi connectivity index (χ3v) is 0.843. The van der Waals surface area contributed by atoms with E-state index in [1.165, 1.54) is 0 Å². The highest BCUT2D eigenvalue weighted by atomic mass is 35.5. The predicted molar refractivity (Wildman–Crippen MR) is 35.0 cm³/mol. The smallest absolute Gasteiger partial charge is 0.127 e. The van der Waals surface area contributed by atoms with E-state index in [1.54, 1.807) is 0 Å². The van der Waals surface area contributed by atoms with Crippen LogP contribution in [0, 0.1) is 0 Å². The zero-order chi connectivity index (χ0) is 5.11. The van der Waals surface area contributed by atoms with Crippen LogP contribution < -0.4 is 36.7 Å². The van der Waals surface area contributed by atoms with Gasteiger partial charge in [-0.2, -0.15) is 0 Å². The molecule has 0 heterocycles. The Morgan fingerprint density at radius 3 is 1.50 bits per heavy atom. The van der Waals surface area contributed by atoms with Crippen molar-refractivity contribution in [3.8, 4) is 0 Å². The highest BCUT2D eigenvalue weighted by Crippen LogP contribution is 1.93. The molecular weight excluding hydrogens is 171 g/mol. The van der Waals surface area contributed by atoms with E-state index >= 15 is 0 Å². The second kappa shape index (κ2) is 8.72. The number of rotatable bonds is 0. The van der Waals surface area contributed by atoms with Gasteiger partial charge in [0.2, 0.25) is 0 Å². The van der Waals surface area contributed by atoms with E-state index in [0.29, 0.717) is 0 Å². The fourth-order valence-corrected chi connectivity index (χ4v) is 0.478. The SMILES string of the molecule is [Cl-].[Cl-].[NH3+]c1ccccc1.[NH4+]. The molecule has 0 amide bonds. The zero-order valence-electron chi connectivity index (χ0n) is 5.85. The van der Waals surface area contributed by atoms with E-state index in [-0.39, 0.29) is 31.0 Å². The average molecular weight is 183 g/mol. The van der Waals surface area contributed by atoms with Gasteiger partial charge in [0.25, 0.3) is 0 Å². The van der Waals surface area contributed by atoms with Crippen molar-refractivity contribution in [3.63, 3.8) is 0 Å². The molecule has 0 spiro atoms. The molecule has 0 aliphatic heterocycles. The van der Waals surface area contributed by atoms with Gasteiger partial charge in [-0.3, -0.25) is 0 Å². The topological polar surface area (TPSA) is 64.1 Å². The van der Waals surface area contributed by atoms with Crippen molar-refractivity contribution in [1.82, 2.24) is 6.15 Å². The van der Waals surface area contributed by atoms with Gasteiger partial charge in [-0.1, -0.05) is 18.2 Å². The molecule has 0 fully saturated rings. The zero-order valence-corrected chi connectivity index (χ0v) is 7.36. The van der Waals surface area contributed by atoms with Crippen molar-refractivity contribution < 1.29 is 30.5 Å². The van der Waals surface area contributed by atoms with Crippen molar-refractivity contribution in [2.75, 3.05) is 0 Å². The lowest BCUT2D eigenvalue weighted by molar-refractivity contribution is -0.254. The Balaban J connectivity index is -0.000000163. The highest BCUT2D eigenvalue weighted by Gasteiger charge is 1.77. The van der Waals surface area contributed by atoms with Crippen LogP contribution in [-0.4, -0.2) is 0 Å². The maximum atomic E-state index is 3.72. The minimum absolute atomic E-state index is 0. The highest BCUT2D eigenvalue weighted by molar-refractivity contribution is 5.25. The van der Waals surface area contributed by atoms with Gasteiger partial charge in [0, 0.05) is 0 Å². The molecule has 7 N–H and O–H groups in total. The van der Waals surface area contributed by atoms with Crippen LogP contribution in [0.15, 0.2) is 30.3 Å². The van der Waals surface area contributed by atoms with Crippen LogP contribution >= 0.6 is 0 Å². The molecule has 1 aromatic carbocycles. The fraction of sp³-hybridized carbons (Fsp3) is 0. The Hall–Kier alpha value is -0.280. The molecule has 0 aromatic heterocycles. The predicted octanol–water partition coefficient (Wildman–Crippen LogP) is -5.06. The third kappa shape index (κ3) is 5.85. The summed E-state index contributed by atoms with van der Waals surface area (Å²) in [4.78, 5) is 0. The Kier molecular flexibility index (Phi) is 14.3. The largest absolute Gasteiger partial charge is 1.00 e. The molecule has 1 aromatic rings. The summed E-state index contributed by atoms with van der Waals surface area (Å²) in [6, 6.07) is 9.87. The summed E-state index contributed by atoms with van der Waals surface area (Å²) in [5.74, 6) is 0. The maximum Gasteiger partial charge on any atom is 0.127 e.